The summed E-state index contributed by atoms with van der Waals surface area (Å²) in [5.41, 5.74) is 0. The van der Waals surface area contributed by atoms with Crippen molar-refractivity contribution < 1.29 is 9.53 Å². The molecule has 0 radical (unpaired) electrons. The van der Waals surface area contributed by atoms with Crippen molar-refractivity contribution in [3.8, 4) is 0 Å². The molecule has 0 atom stereocenters. The summed E-state index contributed by atoms with van der Waals surface area (Å²) in [4.78, 5) is 24.8. The second-order valence-electron chi connectivity index (χ2n) is 5.70. The number of rotatable bonds is 7. The number of hydrogen-bond acceptors (Lipinski definition) is 7. The Morgan fingerprint density at radius 2 is 2.04 bits per heavy atom. The predicted molar refractivity (Wildman–Crippen MR) is 116 cm³/mol. The monoisotopic (exact) mass is 496 g/mol. The minimum absolute atomic E-state index is 0. The molecule has 1 aliphatic heterocycles. The number of aliphatic imine (C=N–C) groups is 1. The van der Waals surface area contributed by atoms with Gasteiger partial charge in [0.2, 0.25) is 5.13 Å². The van der Waals surface area contributed by atoms with E-state index < -0.39 is 0 Å². The molecular formula is C16H29IN6O2S. The second kappa shape index (κ2) is 12.3. The van der Waals surface area contributed by atoms with Gasteiger partial charge < -0.3 is 19.9 Å². The summed E-state index contributed by atoms with van der Waals surface area (Å²) in [6.07, 6.45) is 2.05. The lowest BCUT2D eigenvalue weighted by Crippen LogP contribution is -2.52. The SMILES string of the molecule is CCOC(=O)CCCNC(=NC)N1CCN(c2nc(CC)ns2)CC1.I. The summed E-state index contributed by atoms with van der Waals surface area (Å²) in [5.74, 6) is 1.66. The number of anilines is 1. The lowest BCUT2D eigenvalue weighted by atomic mass is 10.3. The van der Waals surface area contributed by atoms with Gasteiger partial charge in [0.1, 0.15) is 5.82 Å². The number of carbonyl (C=O) groups excluding carboxylic acids is 1. The molecule has 0 unspecified atom stereocenters. The average molecular weight is 496 g/mol. The van der Waals surface area contributed by atoms with Crippen LogP contribution in [0.3, 0.4) is 0 Å². The standard InChI is InChI=1S/C16H28N6O2S.HI/c1-4-13-19-16(25-20-13)22-11-9-21(10-12-22)15(17-3)18-8-6-7-14(23)24-5-2;/h4-12H2,1-3H3,(H,17,18);1H. The second-order valence-corrected chi connectivity index (χ2v) is 6.43. The van der Waals surface area contributed by atoms with E-state index in [1.54, 1.807) is 7.05 Å². The number of nitrogens with one attached hydrogen (secondary N) is 1. The van der Waals surface area contributed by atoms with E-state index in [2.05, 4.69) is 36.4 Å². The average Bonchev–Trinajstić information content (AvgIpc) is 3.11. The molecule has 2 heterocycles. The van der Waals surface area contributed by atoms with Gasteiger partial charge in [0.15, 0.2) is 5.96 Å². The van der Waals surface area contributed by atoms with E-state index in [1.807, 2.05) is 6.92 Å². The van der Waals surface area contributed by atoms with Crippen LogP contribution in [-0.2, 0) is 16.0 Å². The fraction of sp³-hybridized carbons (Fsp3) is 0.750. The summed E-state index contributed by atoms with van der Waals surface area (Å²) in [7, 11) is 1.79. The number of guanidine groups is 1. The molecule has 0 bridgehead atoms. The lowest BCUT2D eigenvalue weighted by Gasteiger charge is -2.36. The van der Waals surface area contributed by atoms with Crippen molar-refractivity contribution >= 4 is 52.6 Å². The third kappa shape index (κ3) is 6.86. The van der Waals surface area contributed by atoms with Crippen LogP contribution in [0.4, 0.5) is 5.13 Å². The van der Waals surface area contributed by atoms with E-state index in [0.717, 1.165) is 55.9 Å². The van der Waals surface area contributed by atoms with E-state index in [9.17, 15) is 4.79 Å². The van der Waals surface area contributed by atoms with Gasteiger partial charge in [-0.15, -0.1) is 24.0 Å². The van der Waals surface area contributed by atoms with E-state index in [4.69, 9.17) is 4.74 Å². The quantitative estimate of drug-likeness (QED) is 0.203. The van der Waals surface area contributed by atoms with Crippen LogP contribution in [0.1, 0.15) is 32.5 Å². The van der Waals surface area contributed by atoms with Gasteiger partial charge in [0.25, 0.3) is 0 Å². The van der Waals surface area contributed by atoms with Crippen LogP contribution in [0.2, 0.25) is 0 Å². The van der Waals surface area contributed by atoms with Crippen molar-refractivity contribution in [2.24, 2.45) is 4.99 Å². The molecule has 0 spiro atoms. The zero-order valence-electron chi connectivity index (χ0n) is 15.7. The summed E-state index contributed by atoms with van der Waals surface area (Å²) in [6.45, 7) is 8.62. The molecule has 1 aliphatic rings. The molecule has 1 aromatic heterocycles. The number of piperazine rings is 1. The minimum atomic E-state index is -0.142. The first-order valence-corrected chi connectivity index (χ1v) is 9.64. The maximum Gasteiger partial charge on any atom is 0.305 e. The maximum atomic E-state index is 11.3. The Morgan fingerprint density at radius 1 is 1.31 bits per heavy atom. The molecule has 0 aliphatic carbocycles. The molecule has 8 nitrogen and oxygen atoms in total. The first-order chi connectivity index (χ1) is 12.2. The Labute approximate surface area is 176 Å². The zero-order valence-corrected chi connectivity index (χ0v) is 18.9. The smallest absolute Gasteiger partial charge is 0.305 e. The van der Waals surface area contributed by atoms with Crippen LogP contribution in [-0.4, -0.2) is 72.6 Å². The van der Waals surface area contributed by atoms with E-state index >= 15 is 0 Å². The Bertz CT molecular complexity index is 575. The molecule has 1 aromatic rings. The Balaban J connectivity index is 0.00000338. The molecule has 0 aromatic carbocycles. The van der Waals surface area contributed by atoms with Crippen LogP contribution in [0.15, 0.2) is 4.99 Å². The highest BCUT2D eigenvalue weighted by Gasteiger charge is 2.21. The highest BCUT2D eigenvalue weighted by Crippen LogP contribution is 2.19. The van der Waals surface area contributed by atoms with Gasteiger partial charge in [0, 0.05) is 64.1 Å². The van der Waals surface area contributed by atoms with Crippen LogP contribution in [0.25, 0.3) is 0 Å². The first kappa shape index (κ1) is 22.9. The van der Waals surface area contributed by atoms with E-state index in [1.165, 1.54) is 11.5 Å². The van der Waals surface area contributed by atoms with Crippen molar-refractivity contribution in [1.29, 1.82) is 0 Å². The zero-order chi connectivity index (χ0) is 18.1. The maximum absolute atomic E-state index is 11.3. The topological polar surface area (TPSA) is 83.0 Å². The fourth-order valence-corrected chi connectivity index (χ4v) is 3.43. The predicted octanol–water partition coefficient (Wildman–Crippen LogP) is 1.76. The molecule has 26 heavy (non-hydrogen) atoms. The fourth-order valence-electron chi connectivity index (χ4n) is 2.62. The highest BCUT2D eigenvalue weighted by atomic mass is 127. The lowest BCUT2D eigenvalue weighted by molar-refractivity contribution is -0.143. The van der Waals surface area contributed by atoms with E-state index in [0.29, 0.717) is 19.6 Å². The number of aryl methyl sites for hydroxylation is 1. The third-order valence-electron chi connectivity index (χ3n) is 3.98. The van der Waals surface area contributed by atoms with Crippen molar-refractivity contribution in [2.45, 2.75) is 33.1 Å². The van der Waals surface area contributed by atoms with Crippen molar-refractivity contribution in [2.75, 3.05) is 51.3 Å². The summed E-state index contributed by atoms with van der Waals surface area (Å²) < 4.78 is 9.29. The number of halogens is 1. The number of hydrogen-bond donors (Lipinski definition) is 1. The van der Waals surface area contributed by atoms with Gasteiger partial charge >= 0.3 is 5.97 Å². The molecule has 148 valence electrons. The molecule has 2 rings (SSSR count). The van der Waals surface area contributed by atoms with E-state index in [-0.39, 0.29) is 29.9 Å². The number of aromatic nitrogens is 2. The number of ether oxygens (including phenoxy) is 1. The normalized spacial score (nSPS) is 14.8. The third-order valence-corrected chi connectivity index (χ3v) is 4.80. The molecule has 1 N–H and O–H groups in total. The van der Waals surface area contributed by atoms with Gasteiger partial charge in [0.05, 0.1) is 6.61 Å². The van der Waals surface area contributed by atoms with Gasteiger partial charge in [-0.3, -0.25) is 9.79 Å². The van der Waals surface area contributed by atoms with Crippen molar-refractivity contribution in [3.63, 3.8) is 0 Å². The van der Waals surface area contributed by atoms with Crippen LogP contribution < -0.4 is 10.2 Å². The van der Waals surface area contributed by atoms with Crippen LogP contribution >= 0.6 is 35.5 Å². The number of carbonyl (C=O) groups is 1. The van der Waals surface area contributed by atoms with Gasteiger partial charge in [-0.25, -0.2) is 4.98 Å². The van der Waals surface area contributed by atoms with Gasteiger partial charge in [-0.2, -0.15) is 4.37 Å². The Morgan fingerprint density at radius 3 is 2.62 bits per heavy atom. The van der Waals surface area contributed by atoms with Gasteiger partial charge in [-0.05, 0) is 13.3 Å². The molecule has 0 saturated carbocycles. The van der Waals surface area contributed by atoms with Crippen LogP contribution in [0.5, 0.6) is 0 Å². The number of nitrogens with zero attached hydrogens (tertiary/aromatic N) is 5. The Kier molecular flexibility index (Phi) is 10.8. The molecule has 0 amide bonds. The Hall–Kier alpha value is -1.17. The van der Waals surface area contributed by atoms with Crippen molar-refractivity contribution in [1.82, 2.24) is 19.6 Å². The molecule has 1 saturated heterocycles. The molecule has 10 heteroatoms. The van der Waals surface area contributed by atoms with Crippen LogP contribution in [0, 0.1) is 0 Å². The molecular weight excluding hydrogens is 467 g/mol. The largest absolute Gasteiger partial charge is 0.466 e. The summed E-state index contributed by atoms with van der Waals surface area (Å²) >= 11 is 1.48. The minimum Gasteiger partial charge on any atom is -0.466 e. The summed E-state index contributed by atoms with van der Waals surface area (Å²) in [5, 5.41) is 4.34. The van der Waals surface area contributed by atoms with Gasteiger partial charge in [-0.1, -0.05) is 6.92 Å². The van der Waals surface area contributed by atoms with Crippen molar-refractivity contribution in [3.05, 3.63) is 5.82 Å². The first-order valence-electron chi connectivity index (χ1n) is 8.86. The summed E-state index contributed by atoms with van der Waals surface area (Å²) in [6, 6.07) is 0. The highest BCUT2D eigenvalue weighted by molar-refractivity contribution is 14.0. The number of esters is 1. The molecule has 1 fully saturated rings.